The lowest BCUT2D eigenvalue weighted by molar-refractivity contribution is -0.136. The van der Waals surface area contributed by atoms with Crippen molar-refractivity contribution in [2.75, 3.05) is 5.32 Å². The van der Waals surface area contributed by atoms with Gasteiger partial charge in [0.15, 0.2) is 0 Å². The van der Waals surface area contributed by atoms with Crippen molar-refractivity contribution in [1.29, 1.82) is 0 Å². The minimum atomic E-state index is -0.837. The summed E-state index contributed by atoms with van der Waals surface area (Å²) in [4.78, 5) is 23.6. The quantitative estimate of drug-likeness (QED) is 0.819. The zero-order valence-corrected chi connectivity index (χ0v) is 13.5. The van der Waals surface area contributed by atoms with E-state index in [1.54, 1.807) is 42.5 Å². The zero-order chi connectivity index (χ0) is 16.1. The molecule has 0 atom stereocenters. The fourth-order valence-electron chi connectivity index (χ4n) is 1.68. The van der Waals surface area contributed by atoms with Gasteiger partial charge in [-0.2, -0.15) is 0 Å². The molecule has 2 aromatic rings. The Bertz CT molecular complexity index is 720. The maximum Gasteiger partial charge on any atom is 0.313 e. The van der Waals surface area contributed by atoms with Gasteiger partial charge in [0.25, 0.3) is 0 Å². The van der Waals surface area contributed by atoms with Crippen molar-refractivity contribution in [3.8, 4) is 0 Å². The molecule has 0 unspecified atom stereocenters. The topological polar surface area (TPSA) is 58.2 Å². The number of carbonyl (C=O) groups excluding carboxylic acids is 2. The van der Waals surface area contributed by atoms with Crippen molar-refractivity contribution in [1.82, 2.24) is 5.32 Å². The number of hydrogen-bond donors (Lipinski definition) is 2. The first kappa shape index (κ1) is 16.6. The SMILES string of the molecule is O=C(NCc1ccccc1Cl)C(=O)Nc1cccc(Cl)c1Cl. The molecule has 0 aliphatic carbocycles. The molecule has 22 heavy (non-hydrogen) atoms. The van der Waals surface area contributed by atoms with Crippen molar-refractivity contribution >= 4 is 52.3 Å². The van der Waals surface area contributed by atoms with Crippen molar-refractivity contribution in [3.63, 3.8) is 0 Å². The Balaban J connectivity index is 1.97. The Hall–Kier alpha value is -1.75. The molecule has 2 aromatic carbocycles. The number of carbonyl (C=O) groups is 2. The van der Waals surface area contributed by atoms with Crippen LogP contribution in [0.15, 0.2) is 42.5 Å². The molecule has 0 fully saturated rings. The maximum absolute atomic E-state index is 11.8. The Kier molecular flexibility index (Phi) is 5.66. The van der Waals surface area contributed by atoms with Crippen LogP contribution >= 0.6 is 34.8 Å². The highest BCUT2D eigenvalue weighted by molar-refractivity contribution is 6.45. The predicted molar refractivity (Wildman–Crippen MR) is 88.4 cm³/mol. The molecule has 2 rings (SSSR count). The van der Waals surface area contributed by atoms with Crippen LogP contribution in [0.4, 0.5) is 5.69 Å². The molecule has 0 saturated heterocycles. The van der Waals surface area contributed by atoms with Crippen molar-refractivity contribution in [3.05, 3.63) is 63.1 Å². The van der Waals surface area contributed by atoms with Gasteiger partial charge < -0.3 is 10.6 Å². The molecule has 0 bridgehead atoms. The number of nitrogens with one attached hydrogen (secondary N) is 2. The van der Waals surface area contributed by atoms with E-state index in [9.17, 15) is 9.59 Å². The van der Waals surface area contributed by atoms with E-state index in [1.807, 2.05) is 0 Å². The summed E-state index contributed by atoms with van der Waals surface area (Å²) in [5, 5.41) is 5.86. The van der Waals surface area contributed by atoms with Gasteiger partial charge in [-0.15, -0.1) is 0 Å². The van der Waals surface area contributed by atoms with Crippen LogP contribution < -0.4 is 10.6 Å². The molecule has 2 N–H and O–H groups in total. The highest BCUT2D eigenvalue weighted by Crippen LogP contribution is 2.29. The summed E-state index contributed by atoms with van der Waals surface area (Å²) < 4.78 is 0. The Morgan fingerprint density at radius 1 is 0.864 bits per heavy atom. The largest absolute Gasteiger partial charge is 0.344 e. The monoisotopic (exact) mass is 356 g/mol. The first-order valence-corrected chi connectivity index (χ1v) is 7.39. The van der Waals surface area contributed by atoms with Crippen LogP contribution in [0.2, 0.25) is 15.1 Å². The lowest BCUT2D eigenvalue weighted by Crippen LogP contribution is -2.35. The van der Waals surface area contributed by atoms with Gasteiger partial charge in [0, 0.05) is 11.6 Å². The summed E-state index contributed by atoms with van der Waals surface area (Å²) in [6.07, 6.45) is 0. The van der Waals surface area contributed by atoms with E-state index in [0.717, 1.165) is 0 Å². The number of amides is 2. The Morgan fingerprint density at radius 2 is 1.55 bits per heavy atom. The van der Waals surface area contributed by atoms with Crippen molar-refractivity contribution in [2.24, 2.45) is 0 Å². The second kappa shape index (κ2) is 7.49. The van der Waals surface area contributed by atoms with Gasteiger partial charge in [-0.1, -0.05) is 59.1 Å². The van der Waals surface area contributed by atoms with Gasteiger partial charge in [0.2, 0.25) is 0 Å². The number of benzene rings is 2. The lowest BCUT2D eigenvalue weighted by atomic mass is 10.2. The van der Waals surface area contributed by atoms with Crippen LogP contribution in [-0.2, 0) is 16.1 Å². The van der Waals surface area contributed by atoms with Crippen molar-refractivity contribution < 1.29 is 9.59 Å². The molecule has 114 valence electrons. The summed E-state index contributed by atoms with van der Waals surface area (Å²) in [6.45, 7) is 0.148. The van der Waals surface area contributed by atoms with Crippen LogP contribution in [-0.4, -0.2) is 11.8 Å². The first-order valence-electron chi connectivity index (χ1n) is 6.25. The van der Waals surface area contributed by atoms with E-state index >= 15 is 0 Å². The minimum absolute atomic E-state index is 0.148. The molecule has 7 heteroatoms. The van der Waals surface area contributed by atoms with E-state index in [1.165, 1.54) is 0 Å². The second-order valence-electron chi connectivity index (χ2n) is 4.33. The Labute approximate surface area is 142 Å². The molecule has 0 spiro atoms. The van der Waals surface area contributed by atoms with Crippen molar-refractivity contribution in [2.45, 2.75) is 6.54 Å². The Morgan fingerprint density at radius 3 is 2.27 bits per heavy atom. The molecular weight excluding hydrogens is 347 g/mol. The normalized spacial score (nSPS) is 10.1. The van der Waals surface area contributed by atoms with E-state index in [0.29, 0.717) is 10.6 Å². The third kappa shape index (κ3) is 4.13. The van der Waals surface area contributed by atoms with Gasteiger partial charge in [-0.3, -0.25) is 9.59 Å². The summed E-state index contributed by atoms with van der Waals surface area (Å²) in [7, 11) is 0. The number of rotatable bonds is 3. The molecule has 0 aliphatic heterocycles. The van der Waals surface area contributed by atoms with E-state index < -0.39 is 11.8 Å². The smallest absolute Gasteiger partial charge is 0.313 e. The minimum Gasteiger partial charge on any atom is -0.344 e. The molecule has 0 aromatic heterocycles. The average Bonchev–Trinajstić information content (AvgIpc) is 2.50. The van der Waals surface area contributed by atoms with Gasteiger partial charge >= 0.3 is 11.8 Å². The third-order valence-electron chi connectivity index (χ3n) is 2.80. The lowest BCUT2D eigenvalue weighted by Gasteiger charge is -2.09. The second-order valence-corrected chi connectivity index (χ2v) is 5.52. The van der Waals surface area contributed by atoms with Crippen LogP contribution in [0.25, 0.3) is 0 Å². The third-order valence-corrected chi connectivity index (χ3v) is 3.99. The fraction of sp³-hybridized carbons (Fsp3) is 0.0667. The van der Waals surface area contributed by atoms with Gasteiger partial charge in [-0.25, -0.2) is 0 Å². The summed E-state index contributed by atoms with van der Waals surface area (Å²) in [6, 6.07) is 11.8. The number of hydrogen-bond acceptors (Lipinski definition) is 2. The molecular formula is C15H11Cl3N2O2. The van der Waals surface area contributed by atoms with Crippen LogP contribution in [0.1, 0.15) is 5.56 Å². The molecule has 0 aliphatic rings. The molecule has 4 nitrogen and oxygen atoms in total. The first-order chi connectivity index (χ1) is 10.5. The molecule has 0 saturated carbocycles. The zero-order valence-electron chi connectivity index (χ0n) is 11.2. The van der Waals surface area contributed by atoms with Gasteiger partial charge in [0.1, 0.15) is 0 Å². The number of anilines is 1. The molecule has 2 amide bonds. The maximum atomic E-state index is 11.8. The van der Waals surface area contributed by atoms with Gasteiger partial charge in [-0.05, 0) is 23.8 Å². The summed E-state index contributed by atoms with van der Waals surface area (Å²) >= 11 is 17.7. The standard InChI is InChI=1S/C15H11Cl3N2O2/c16-10-5-2-1-4-9(10)8-19-14(21)15(22)20-12-7-3-6-11(17)13(12)18/h1-7H,8H2,(H,19,21)(H,20,22). The van der Waals surface area contributed by atoms with Crippen LogP contribution in [0.5, 0.6) is 0 Å². The number of halogens is 3. The van der Waals surface area contributed by atoms with E-state index in [-0.39, 0.29) is 22.3 Å². The highest BCUT2D eigenvalue weighted by atomic mass is 35.5. The van der Waals surface area contributed by atoms with Crippen LogP contribution in [0.3, 0.4) is 0 Å². The molecule has 0 heterocycles. The molecule has 0 radical (unpaired) electrons. The highest BCUT2D eigenvalue weighted by Gasteiger charge is 2.16. The van der Waals surface area contributed by atoms with E-state index in [2.05, 4.69) is 10.6 Å². The van der Waals surface area contributed by atoms with E-state index in [4.69, 9.17) is 34.8 Å². The summed E-state index contributed by atoms with van der Waals surface area (Å²) in [5.41, 5.74) is 0.984. The predicted octanol–water partition coefficient (Wildman–Crippen LogP) is 3.90. The van der Waals surface area contributed by atoms with Crippen LogP contribution in [0, 0.1) is 0 Å². The average molecular weight is 358 g/mol. The van der Waals surface area contributed by atoms with Gasteiger partial charge in [0.05, 0.1) is 15.7 Å². The fourth-order valence-corrected chi connectivity index (χ4v) is 2.23. The summed E-state index contributed by atoms with van der Waals surface area (Å²) in [5.74, 6) is -1.63.